The van der Waals surface area contributed by atoms with Gasteiger partial charge in [-0.25, -0.2) is 0 Å². The molecule has 0 aliphatic heterocycles. The number of para-hydroxylation sites is 1. The van der Waals surface area contributed by atoms with E-state index in [2.05, 4.69) is 34.2 Å². The first-order valence-electron chi connectivity index (χ1n) is 5.77. The number of hydrogen-bond donors (Lipinski definition) is 1. The highest BCUT2D eigenvalue weighted by atomic mass is 79.9. The Labute approximate surface area is 106 Å². The van der Waals surface area contributed by atoms with E-state index in [1.807, 2.05) is 12.1 Å². The summed E-state index contributed by atoms with van der Waals surface area (Å²) < 4.78 is 6.42. The molecule has 3 heteroatoms. The summed E-state index contributed by atoms with van der Waals surface area (Å²) in [4.78, 5) is 0. The Kier molecular flexibility index (Phi) is 3.87. The minimum Gasteiger partial charge on any atom is -0.495 e. The highest BCUT2D eigenvalue weighted by molar-refractivity contribution is 9.10. The van der Waals surface area contributed by atoms with Gasteiger partial charge in [0, 0.05) is 18.2 Å². The molecule has 1 aromatic rings. The molecule has 1 aromatic carbocycles. The molecule has 0 spiro atoms. The van der Waals surface area contributed by atoms with Crippen molar-refractivity contribution in [1.29, 1.82) is 0 Å². The standard InChI is InChI=1S/C13H18BrNO/c1-9(10-6-7-10)15-8-11-4-3-5-12(14)13(11)16-2/h3-5,9-10,15H,6-8H2,1-2H3. The Bertz CT molecular complexity index is 363. The average Bonchev–Trinajstić information content (AvgIpc) is 3.09. The minimum absolute atomic E-state index is 0.615. The van der Waals surface area contributed by atoms with E-state index in [9.17, 15) is 0 Å². The predicted molar refractivity (Wildman–Crippen MR) is 69.7 cm³/mol. The molecule has 2 nitrogen and oxygen atoms in total. The summed E-state index contributed by atoms with van der Waals surface area (Å²) in [5.74, 6) is 1.83. The van der Waals surface area contributed by atoms with E-state index < -0.39 is 0 Å². The molecule has 1 N–H and O–H groups in total. The summed E-state index contributed by atoms with van der Waals surface area (Å²) in [6.07, 6.45) is 2.76. The second-order valence-electron chi connectivity index (χ2n) is 4.44. The largest absolute Gasteiger partial charge is 0.495 e. The summed E-state index contributed by atoms with van der Waals surface area (Å²) in [5.41, 5.74) is 1.21. The number of methoxy groups -OCH3 is 1. The van der Waals surface area contributed by atoms with Gasteiger partial charge in [0.1, 0.15) is 5.75 Å². The van der Waals surface area contributed by atoms with Gasteiger partial charge in [-0.1, -0.05) is 12.1 Å². The Morgan fingerprint density at radius 1 is 1.50 bits per heavy atom. The molecule has 2 rings (SSSR count). The van der Waals surface area contributed by atoms with Crippen molar-refractivity contribution in [1.82, 2.24) is 5.32 Å². The Hall–Kier alpha value is -0.540. The number of hydrogen-bond acceptors (Lipinski definition) is 2. The summed E-state index contributed by atoms with van der Waals surface area (Å²) in [7, 11) is 1.72. The van der Waals surface area contributed by atoms with Crippen molar-refractivity contribution in [3.8, 4) is 5.75 Å². The highest BCUT2D eigenvalue weighted by Crippen LogP contribution is 2.33. The van der Waals surface area contributed by atoms with Crippen LogP contribution < -0.4 is 10.1 Å². The van der Waals surface area contributed by atoms with Crippen molar-refractivity contribution >= 4 is 15.9 Å². The quantitative estimate of drug-likeness (QED) is 0.895. The average molecular weight is 284 g/mol. The Balaban J connectivity index is 1.99. The summed E-state index contributed by atoms with van der Waals surface area (Å²) in [6.45, 7) is 3.14. The first-order chi connectivity index (χ1) is 7.72. The first-order valence-corrected chi connectivity index (χ1v) is 6.56. The van der Waals surface area contributed by atoms with Gasteiger partial charge in [0.25, 0.3) is 0 Å². The van der Waals surface area contributed by atoms with E-state index in [0.717, 1.165) is 22.7 Å². The molecular weight excluding hydrogens is 266 g/mol. The van der Waals surface area contributed by atoms with Crippen LogP contribution in [0.15, 0.2) is 22.7 Å². The van der Waals surface area contributed by atoms with Crippen LogP contribution in [-0.4, -0.2) is 13.2 Å². The van der Waals surface area contributed by atoms with Crippen LogP contribution in [0.5, 0.6) is 5.75 Å². The van der Waals surface area contributed by atoms with Gasteiger partial charge in [0.05, 0.1) is 11.6 Å². The second-order valence-corrected chi connectivity index (χ2v) is 5.29. The van der Waals surface area contributed by atoms with Gasteiger partial charge in [-0.05, 0) is 47.7 Å². The van der Waals surface area contributed by atoms with Gasteiger partial charge in [0.15, 0.2) is 0 Å². The van der Waals surface area contributed by atoms with Crippen molar-refractivity contribution in [3.63, 3.8) is 0 Å². The molecule has 16 heavy (non-hydrogen) atoms. The van der Waals surface area contributed by atoms with Gasteiger partial charge < -0.3 is 10.1 Å². The fourth-order valence-electron chi connectivity index (χ4n) is 1.96. The van der Waals surface area contributed by atoms with Crippen LogP contribution >= 0.6 is 15.9 Å². The molecule has 1 aliphatic rings. The van der Waals surface area contributed by atoms with E-state index in [4.69, 9.17) is 4.74 Å². The fourth-order valence-corrected chi connectivity index (χ4v) is 2.52. The molecule has 0 saturated heterocycles. The molecule has 1 aliphatic carbocycles. The minimum atomic E-state index is 0.615. The number of benzene rings is 1. The third-order valence-corrected chi connectivity index (χ3v) is 3.82. The summed E-state index contributed by atoms with van der Waals surface area (Å²) >= 11 is 3.50. The molecule has 0 heterocycles. The number of halogens is 1. The van der Waals surface area contributed by atoms with Crippen LogP contribution in [0.1, 0.15) is 25.3 Å². The van der Waals surface area contributed by atoms with E-state index in [1.165, 1.54) is 18.4 Å². The maximum atomic E-state index is 5.40. The molecule has 0 amide bonds. The third kappa shape index (κ3) is 2.77. The SMILES string of the molecule is COc1c(Br)cccc1CNC(C)C1CC1. The molecule has 0 bridgehead atoms. The maximum absolute atomic E-state index is 5.40. The van der Waals surface area contributed by atoms with Crippen molar-refractivity contribution in [2.45, 2.75) is 32.4 Å². The Morgan fingerprint density at radius 3 is 2.88 bits per heavy atom. The zero-order valence-electron chi connectivity index (χ0n) is 9.79. The topological polar surface area (TPSA) is 21.3 Å². The zero-order chi connectivity index (χ0) is 11.5. The second kappa shape index (κ2) is 5.19. The molecule has 0 aromatic heterocycles. The van der Waals surface area contributed by atoms with Gasteiger partial charge in [-0.15, -0.1) is 0 Å². The molecule has 1 saturated carbocycles. The van der Waals surface area contributed by atoms with Crippen molar-refractivity contribution < 1.29 is 4.74 Å². The lowest BCUT2D eigenvalue weighted by Gasteiger charge is -2.15. The Morgan fingerprint density at radius 2 is 2.25 bits per heavy atom. The van der Waals surface area contributed by atoms with Crippen molar-refractivity contribution in [2.24, 2.45) is 5.92 Å². The maximum Gasteiger partial charge on any atom is 0.137 e. The van der Waals surface area contributed by atoms with Crippen molar-refractivity contribution in [3.05, 3.63) is 28.2 Å². The number of rotatable bonds is 5. The predicted octanol–water partition coefficient (Wildman–Crippen LogP) is 3.35. The lowest BCUT2D eigenvalue weighted by atomic mass is 10.1. The zero-order valence-corrected chi connectivity index (χ0v) is 11.4. The van der Waals surface area contributed by atoms with Gasteiger partial charge in [-0.2, -0.15) is 0 Å². The van der Waals surface area contributed by atoms with Crippen LogP contribution in [0.3, 0.4) is 0 Å². The van der Waals surface area contributed by atoms with Crippen LogP contribution in [0.2, 0.25) is 0 Å². The molecule has 1 fully saturated rings. The van der Waals surface area contributed by atoms with Crippen LogP contribution in [0.25, 0.3) is 0 Å². The normalized spacial score (nSPS) is 17.2. The van der Waals surface area contributed by atoms with E-state index >= 15 is 0 Å². The van der Waals surface area contributed by atoms with E-state index in [1.54, 1.807) is 7.11 Å². The molecule has 0 radical (unpaired) electrons. The molecule has 88 valence electrons. The number of ether oxygens (including phenoxy) is 1. The van der Waals surface area contributed by atoms with Gasteiger partial charge >= 0.3 is 0 Å². The molecule has 1 unspecified atom stereocenters. The number of nitrogens with one attached hydrogen (secondary N) is 1. The van der Waals surface area contributed by atoms with E-state index in [-0.39, 0.29) is 0 Å². The first kappa shape index (κ1) is 11.9. The fraction of sp³-hybridized carbons (Fsp3) is 0.538. The van der Waals surface area contributed by atoms with Crippen LogP contribution in [0, 0.1) is 5.92 Å². The van der Waals surface area contributed by atoms with Crippen LogP contribution in [0.4, 0.5) is 0 Å². The summed E-state index contributed by atoms with van der Waals surface area (Å²) in [5, 5.41) is 3.56. The molecular formula is C13H18BrNO. The van der Waals surface area contributed by atoms with Gasteiger partial charge in [0.2, 0.25) is 0 Å². The monoisotopic (exact) mass is 283 g/mol. The highest BCUT2D eigenvalue weighted by Gasteiger charge is 2.27. The third-order valence-electron chi connectivity index (χ3n) is 3.20. The lowest BCUT2D eigenvalue weighted by Crippen LogP contribution is -2.27. The van der Waals surface area contributed by atoms with Gasteiger partial charge in [-0.3, -0.25) is 0 Å². The van der Waals surface area contributed by atoms with Crippen LogP contribution in [-0.2, 0) is 6.54 Å². The van der Waals surface area contributed by atoms with E-state index in [0.29, 0.717) is 6.04 Å². The smallest absolute Gasteiger partial charge is 0.137 e. The summed E-state index contributed by atoms with van der Waals surface area (Å²) in [6, 6.07) is 6.78. The van der Waals surface area contributed by atoms with Crippen molar-refractivity contribution in [2.75, 3.05) is 7.11 Å². The lowest BCUT2D eigenvalue weighted by molar-refractivity contribution is 0.401. The molecule has 1 atom stereocenters.